The van der Waals surface area contributed by atoms with Gasteiger partial charge in [-0.1, -0.05) is 29.4 Å². The van der Waals surface area contributed by atoms with Crippen molar-refractivity contribution in [2.75, 3.05) is 12.8 Å². The molecule has 1 aliphatic rings. The van der Waals surface area contributed by atoms with Crippen LogP contribution < -0.4 is 0 Å². The molecule has 0 atom stereocenters. The molecule has 3 nitrogen and oxygen atoms in total. The quantitative estimate of drug-likeness (QED) is 0.628. The van der Waals surface area contributed by atoms with Gasteiger partial charge in [0.15, 0.2) is 5.16 Å². The van der Waals surface area contributed by atoms with E-state index in [0.29, 0.717) is 17.1 Å². The van der Waals surface area contributed by atoms with Crippen LogP contribution in [0.5, 0.6) is 0 Å². The van der Waals surface area contributed by atoms with Gasteiger partial charge in [-0.25, -0.2) is 14.4 Å². The van der Waals surface area contributed by atoms with Gasteiger partial charge in [0.1, 0.15) is 5.82 Å². The summed E-state index contributed by atoms with van der Waals surface area (Å²) in [5.74, 6) is -0.240. The standard InChI is InChI=1S/C16H17ClFN3S/c1-10-3-4-13(18)12(15(10)17)9-21-6-5-14-11(8-21)7-19-16(20-14)22-2/h3-4,7H,5-6,8-9H2,1-2H3. The molecule has 0 aliphatic carbocycles. The first-order valence-corrected chi connectivity index (χ1v) is 8.73. The number of fused-ring (bicyclic) bond motifs is 1. The third kappa shape index (κ3) is 3.12. The second kappa shape index (κ2) is 6.52. The zero-order valence-electron chi connectivity index (χ0n) is 12.6. The van der Waals surface area contributed by atoms with Crippen LogP contribution in [0, 0.1) is 12.7 Å². The monoisotopic (exact) mass is 337 g/mol. The maximum Gasteiger partial charge on any atom is 0.187 e. The molecule has 0 unspecified atom stereocenters. The van der Waals surface area contributed by atoms with Crippen LogP contribution in [0.25, 0.3) is 0 Å². The van der Waals surface area contributed by atoms with Crippen LogP contribution >= 0.6 is 23.4 Å². The van der Waals surface area contributed by atoms with Gasteiger partial charge in [-0.05, 0) is 24.8 Å². The van der Waals surface area contributed by atoms with E-state index in [4.69, 9.17) is 11.6 Å². The molecule has 0 N–H and O–H groups in total. The Balaban J connectivity index is 1.80. The molecule has 1 aromatic carbocycles. The highest BCUT2D eigenvalue weighted by molar-refractivity contribution is 7.98. The molecule has 2 aromatic rings. The molecule has 0 fully saturated rings. The Kier molecular flexibility index (Phi) is 4.66. The lowest BCUT2D eigenvalue weighted by Crippen LogP contribution is -2.31. The number of aromatic nitrogens is 2. The van der Waals surface area contributed by atoms with Crippen molar-refractivity contribution in [1.29, 1.82) is 0 Å². The van der Waals surface area contributed by atoms with Gasteiger partial charge in [-0.15, -0.1) is 0 Å². The summed E-state index contributed by atoms with van der Waals surface area (Å²) in [6.07, 6.45) is 4.71. The van der Waals surface area contributed by atoms with Crippen molar-refractivity contribution in [1.82, 2.24) is 14.9 Å². The molecule has 3 rings (SSSR count). The van der Waals surface area contributed by atoms with Crippen molar-refractivity contribution >= 4 is 23.4 Å². The van der Waals surface area contributed by atoms with Gasteiger partial charge in [-0.2, -0.15) is 0 Å². The van der Waals surface area contributed by atoms with E-state index in [2.05, 4.69) is 14.9 Å². The first kappa shape index (κ1) is 15.7. The summed E-state index contributed by atoms with van der Waals surface area (Å²) < 4.78 is 14.0. The number of rotatable bonds is 3. The largest absolute Gasteiger partial charge is 0.294 e. The van der Waals surface area contributed by atoms with Crippen molar-refractivity contribution in [3.8, 4) is 0 Å². The summed E-state index contributed by atoms with van der Waals surface area (Å²) in [5, 5.41) is 1.33. The number of nitrogens with zero attached hydrogens (tertiary/aromatic N) is 3. The second-order valence-electron chi connectivity index (χ2n) is 5.45. The molecule has 116 valence electrons. The smallest absolute Gasteiger partial charge is 0.187 e. The zero-order chi connectivity index (χ0) is 15.7. The molecule has 2 heterocycles. The van der Waals surface area contributed by atoms with Gasteiger partial charge >= 0.3 is 0 Å². The van der Waals surface area contributed by atoms with Crippen molar-refractivity contribution < 1.29 is 4.39 Å². The molecule has 0 bridgehead atoms. The Bertz CT molecular complexity index is 708. The van der Waals surface area contributed by atoms with E-state index in [1.54, 1.807) is 17.8 Å². The maximum atomic E-state index is 14.0. The van der Waals surface area contributed by atoms with Gasteiger partial charge in [-0.3, -0.25) is 4.90 Å². The van der Waals surface area contributed by atoms with E-state index in [0.717, 1.165) is 41.5 Å². The van der Waals surface area contributed by atoms with E-state index in [1.165, 1.54) is 6.07 Å². The average Bonchev–Trinajstić information content (AvgIpc) is 2.54. The second-order valence-corrected chi connectivity index (χ2v) is 6.60. The number of benzene rings is 1. The molecule has 0 saturated heterocycles. The first-order valence-electron chi connectivity index (χ1n) is 7.13. The van der Waals surface area contributed by atoms with Crippen molar-refractivity contribution in [2.45, 2.75) is 31.6 Å². The summed E-state index contributed by atoms with van der Waals surface area (Å²) in [6.45, 7) is 3.99. The van der Waals surface area contributed by atoms with Crippen LogP contribution in [0.1, 0.15) is 22.4 Å². The van der Waals surface area contributed by atoms with E-state index in [9.17, 15) is 4.39 Å². The fourth-order valence-electron chi connectivity index (χ4n) is 2.67. The van der Waals surface area contributed by atoms with Gasteiger partial charge in [0, 0.05) is 43.4 Å². The van der Waals surface area contributed by atoms with E-state index in [-0.39, 0.29) is 5.82 Å². The lowest BCUT2D eigenvalue weighted by atomic mass is 10.1. The molecule has 6 heteroatoms. The Morgan fingerprint density at radius 2 is 2.23 bits per heavy atom. The summed E-state index contributed by atoms with van der Waals surface area (Å²) in [7, 11) is 0. The number of hydrogen-bond donors (Lipinski definition) is 0. The number of thioether (sulfide) groups is 1. The summed E-state index contributed by atoms with van der Waals surface area (Å²) in [4.78, 5) is 11.1. The lowest BCUT2D eigenvalue weighted by Gasteiger charge is -2.28. The molecular weight excluding hydrogens is 321 g/mol. The molecule has 0 spiro atoms. The minimum Gasteiger partial charge on any atom is -0.294 e. The zero-order valence-corrected chi connectivity index (χ0v) is 14.1. The van der Waals surface area contributed by atoms with Gasteiger partial charge < -0.3 is 0 Å². The Morgan fingerprint density at radius 3 is 3.00 bits per heavy atom. The molecule has 0 amide bonds. The minimum absolute atomic E-state index is 0.240. The predicted octanol–water partition coefficient (Wildman–Crippen LogP) is 3.86. The van der Waals surface area contributed by atoms with Crippen LogP contribution in [0.15, 0.2) is 23.5 Å². The number of halogens is 2. The van der Waals surface area contributed by atoms with Gasteiger partial charge in [0.25, 0.3) is 0 Å². The van der Waals surface area contributed by atoms with Crippen LogP contribution in [0.3, 0.4) is 0 Å². The lowest BCUT2D eigenvalue weighted by molar-refractivity contribution is 0.239. The highest BCUT2D eigenvalue weighted by atomic mass is 35.5. The summed E-state index contributed by atoms with van der Waals surface area (Å²) >= 11 is 7.81. The first-order chi connectivity index (χ1) is 10.6. The molecule has 22 heavy (non-hydrogen) atoms. The topological polar surface area (TPSA) is 29.0 Å². The van der Waals surface area contributed by atoms with Crippen LogP contribution in [0.4, 0.5) is 4.39 Å². The molecule has 1 aromatic heterocycles. The molecular formula is C16H17ClFN3S. The van der Waals surface area contributed by atoms with Crippen molar-refractivity contribution in [3.05, 3.63) is 51.6 Å². The Morgan fingerprint density at radius 1 is 1.41 bits per heavy atom. The molecule has 1 aliphatic heterocycles. The minimum atomic E-state index is -0.240. The Labute approximate surface area is 138 Å². The summed E-state index contributed by atoms with van der Waals surface area (Å²) in [5.41, 5.74) is 3.70. The number of aryl methyl sites for hydroxylation is 1. The van der Waals surface area contributed by atoms with Crippen molar-refractivity contribution in [3.63, 3.8) is 0 Å². The van der Waals surface area contributed by atoms with E-state index >= 15 is 0 Å². The fourth-order valence-corrected chi connectivity index (χ4v) is 3.25. The van der Waals surface area contributed by atoms with Crippen LogP contribution in [0.2, 0.25) is 5.02 Å². The fraction of sp³-hybridized carbons (Fsp3) is 0.375. The van der Waals surface area contributed by atoms with E-state index < -0.39 is 0 Å². The third-order valence-corrected chi connectivity index (χ3v) is 5.02. The molecule has 0 radical (unpaired) electrons. The maximum absolute atomic E-state index is 14.0. The van der Waals surface area contributed by atoms with E-state index in [1.807, 2.05) is 19.4 Å². The SMILES string of the molecule is CSc1ncc2c(n1)CCN(Cc1c(F)ccc(C)c1Cl)C2. The van der Waals surface area contributed by atoms with Crippen LogP contribution in [-0.2, 0) is 19.5 Å². The third-order valence-electron chi connectivity index (χ3n) is 3.93. The highest BCUT2D eigenvalue weighted by Gasteiger charge is 2.21. The van der Waals surface area contributed by atoms with Crippen molar-refractivity contribution in [2.24, 2.45) is 0 Å². The number of hydrogen-bond acceptors (Lipinski definition) is 4. The Hall–Kier alpha value is -1.17. The van der Waals surface area contributed by atoms with Crippen LogP contribution in [-0.4, -0.2) is 27.7 Å². The van der Waals surface area contributed by atoms with Gasteiger partial charge in [0.2, 0.25) is 0 Å². The highest BCUT2D eigenvalue weighted by Crippen LogP contribution is 2.27. The summed E-state index contributed by atoms with van der Waals surface area (Å²) in [6, 6.07) is 3.20. The van der Waals surface area contributed by atoms with Gasteiger partial charge in [0.05, 0.1) is 10.7 Å². The normalized spacial score (nSPS) is 14.9. The molecule has 0 saturated carbocycles. The predicted molar refractivity (Wildman–Crippen MR) is 87.8 cm³/mol. The average molecular weight is 338 g/mol.